The lowest BCUT2D eigenvalue weighted by molar-refractivity contribution is 0.195. The highest BCUT2D eigenvalue weighted by Crippen LogP contribution is 2.44. The fraction of sp³-hybridized carbons (Fsp3) is 0. The van der Waals surface area contributed by atoms with Crippen LogP contribution in [0.1, 0.15) is 0 Å². The zero-order valence-corrected chi connectivity index (χ0v) is 14.7. The highest BCUT2D eigenvalue weighted by atomic mass is 16.5. The van der Waals surface area contributed by atoms with Crippen molar-refractivity contribution in [3.05, 3.63) is 55.2 Å². The van der Waals surface area contributed by atoms with Gasteiger partial charge >= 0.3 is 6.09 Å². The Labute approximate surface area is 163 Å². The smallest absolute Gasteiger partial charge is 0.409 e. The van der Waals surface area contributed by atoms with Crippen LogP contribution in [0, 0.1) is 0 Å². The second-order valence-electron chi connectivity index (χ2n) is 6.24. The molecule has 1 amide bonds. The van der Waals surface area contributed by atoms with Gasteiger partial charge in [0.2, 0.25) is 0 Å². The molecule has 0 saturated heterocycles. The Kier molecular flexibility index (Phi) is 3.63. The lowest BCUT2D eigenvalue weighted by Gasteiger charge is -2.11. The SMILES string of the molecule is O=C(O)Nc1cnccc1-c1nc2c(n1O)-c1ccncc1Nc1ncccc1-2. The van der Waals surface area contributed by atoms with E-state index in [1.54, 1.807) is 36.8 Å². The molecule has 0 unspecified atom stereocenters. The Balaban J connectivity index is 1.81. The van der Waals surface area contributed by atoms with E-state index in [-0.39, 0.29) is 11.5 Å². The summed E-state index contributed by atoms with van der Waals surface area (Å²) in [7, 11) is 0. The van der Waals surface area contributed by atoms with E-state index in [4.69, 9.17) is 5.11 Å². The zero-order chi connectivity index (χ0) is 20.0. The molecule has 0 fully saturated rings. The number of carbonyl (C=O) groups is 1. The molecule has 4 aromatic rings. The van der Waals surface area contributed by atoms with Gasteiger partial charge in [0.05, 0.1) is 23.8 Å². The van der Waals surface area contributed by atoms with Gasteiger partial charge in [-0.3, -0.25) is 15.3 Å². The average Bonchev–Trinajstić information content (AvgIpc) is 2.98. The largest absolute Gasteiger partial charge is 0.465 e. The molecule has 0 spiro atoms. The molecule has 0 atom stereocenters. The summed E-state index contributed by atoms with van der Waals surface area (Å²) >= 11 is 0. The van der Waals surface area contributed by atoms with E-state index in [1.807, 2.05) is 6.07 Å². The van der Waals surface area contributed by atoms with Gasteiger partial charge in [-0.15, -0.1) is 0 Å². The Bertz CT molecular complexity index is 1270. The number of rotatable bonds is 2. The van der Waals surface area contributed by atoms with Crippen molar-refractivity contribution in [1.29, 1.82) is 0 Å². The molecule has 142 valence electrons. The quantitative estimate of drug-likeness (QED) is 0.338. The van der Waals surface area contributed by atoms with Gasteiger partial charge in [0.15, 0.2) is 5.82 Å². The molecule has 0 bridgehead atoms. The number of amides is 1. The molecule has 10 heteroatoms. The third kappa shape index (κ3) is 2.62. The third-order valence-electron chi connectivity index (χ3n) is 4.55. The first kappa shape index (κ1) is 16.7. The van der Waals surface area contributed by atoms with Crippen LogP contribution in [0.25, 0.3) is 33.9 Å². The lowest BCUT2D eigenvalue weighted by Crippen LogP contribution is -2.09. The third-order valence-corrected chi connectivity index (χ3v) is 4.55. The Hall–Kier alpha value is -4.47. The first-order chi connectivity index (χ1) is 14.1. The van der Waals surface area contributed by atoms with E-state index >= 15 is 0 Å². The van der Waals surface area contributed by atoms with Crippen LogP contribution in [0.3, 0.4) is 0 Å². The van der Waals surface area contributed by atoms with E-state index in [2.05, 4.69) is 30.6 Å². The van der Waals surface area contributed by atoms with E-state index in [9.17, 15) is 10.0 Å². The summed E-state index contributed by atoms with van der Waals surface area (Å²) in [5.74, 6) is 0.740. The summed E-state index contributed by atoms with van der Waals surface area (Å²) in [6.07, 6.45) is 6.52. The fourth-order valence-corrected chi connectivity index (χ4v) is 3.34. The van der Waals surface area contributed by atoms with E-state index in [0.29, 0.717) is 39.6 Å². The molecular formula is C19H13N7O3. The number of nitrogens with zero attached hydrogens (tertiary/aromatic N) is 5. The maximum absolute atomic E-state index is 11.2. The molecule has 1 aliphatic heterocycles. The van der Waals surface area contributed by atoms with Crippen molar-refractivity contribution in [3.63, 3.8) is 0 Å². The topological polar surface area (TPSA) is 138 Å². The van der Waals surface area contributed by atoms with Gasteiger partial charge in [-0.2, -0.15) is 4.73 Å². The average molecular weight is 387 g/mol. The molecule has 4 N–H and O–H groups in total. The monoisotopic (exact) mass is 387 g/mol. The van der Waals surface area contributed by atoms with Crippen LogP contribution in [-0.4, -0.2) is 41.1 Å². The number of anilines is 3. The van der Waals surface area contributed by atoms with Crippen molar-refractivity contribution in [2.75, 3.05) is 10.6 Å². The Morgan fingerprint density at radius 2 is 1.83 bits per heavy atom. The standard InChI is InChI=1S/C19H13N7O3/c27-19(28)24-14-9-21-7-4-11(14)18-25-15-12-2-1-5-22-17(12)23-13-8-20-6-3-10(13)16(15)26(18)29/h1-9,24,29H,(H,22,23)(H,27,28). The maximum atomic E-state index is 11.2. The molecule has 1 aliphatic rings. The first-order valence-corrected chi connectivity index (χ1v) is 8.56. The van der Waals surface area contributed by atoms with Crippen LogP contribution < -0.4 is 10.6 Å². The van der Waals surface area contributed by atoms with Gasteiger partial charge in [0.1, 0.15) is 17.2 Å². The van der Waals surface area contributed by atoms with Crippen LogP contribution in [0.2, 0.25) is 0 Å². The van der Waals surface area contributed by atoms with Crippen molar-refractivity contribution in [2.24, 2.45) is 0 Å². The number of nitrogens with one attached hydrogen (secondary N) is 2. The second kappa shape index (κ2) is 6.30. The minimum atomic E-state index is -1.24. The molecule has 0 radical (unpaired) electrons. The summed E-state index contributed by atoms with van der Waals surface area (Å²) in [6, 6.07) is 6.95. The van der Waals surface area contributed by atoms with Crippen molar-refractivity contribution in [1.82, 2.24) is 24.7 Å². The van der Waals surface area contributed by atoms with E-state index in [0.717, 1.165) is 4.73 Å². The number of imidazole rings is 1. The van der Waals surface area contributed by atoms with Crippen LogP contribution in [0.5, 0.6) is 0 Å². The van der Waals surface area contributed by atoms with Crippen LogP contribution in [0.4, 0.5) is 22.0 Å². The zero-order valence-electron chi connectivity index (χ0n) is 14.7. The minimum absolute atomic E-state index is 0.167. The number of carboxylic acid groups (broad SMARTS) is 1. The number of fused-ring (bicyclic) bond motifs is 5. The molecule has 10 nitrogen and oxygen atoms in total. The molecular weight excluding hydrogens is 374 g/mol. The Morgan fingerprint density at radius 3 is 2.66 bits per heavy atom. The van der Waals surface area contributed by atoms with Crippen molar-refractivity contribution in [3.8, 4) is 33.9 Å². The van der Waals surface area contributed by atoms with Crippen molar-refractivity contribution < 1.29 is 15.1 Å². The van der Waals surface area contributed by atoms with Crippen molar-refractivity contribution in [2.45, 2.75) is 0 Å². The predicted molar refractivity (Wildman–Crippen MR) is 104 cm³/mol. The summed E-state index contributed by atoms with van der Waals surface area (Å²) < 4.78 is 0.945. The highest BCUT2D eigenvalue weighted by molar-refractivity contribution is 5.96. The lowest BCUT2D eigenvalue weighted by atomic mass is 10.1. The van der Waals surface area contributed by atoms with Crippen LogP contribution in [0.15, 0.2) is 55.2 Å². The summed E-state index contributed by atoms with van der Waals surface area (Å²) in [6.45, 7) is 0. The van der Waals surface area contributed by atoms with Gasteiger partial charge in [-0.05, 0) is 24.3 Å². The van der Waals surface area contributed by atoms with Gasteiger partial charge in [0.25, 0.3) is 0 Å². The number of hydrogen-bond donors (Lipinski definition) is 4. The minimum Gasteiger partial charge on any atom is -0.465 e. The number of pyridine rings is 3. The van der Waals surface area contributed by atoms with Crippen LogP contribution in [-0.2, 0) is 0 Å². The van der Waals surface area contributed by atoms with Gasteiger partial charge in [0, 0.05) is 35.3 Å². The number of aromatic nitrogens is 5. The first-order valence-electron chi connectivity index (χ1n) is 8.56. The van der Waals surface area contributed by atoms with E-state index in [1.165, 1.54) is 12.4 Å². The normalized spacial score (nSPS) is 11.4. The van der Waals surface area contributed by atoms with Crippen molar-refractivity contribution >= 4 is 23.3 Å². The van der Waals surface area contributed by atoms with Crippen LogP contribution >= 0.6 is 0 Å². The Morgan fingerprint density at radius 1 is 1.03 bits per heavy atom. The highest BCUT2D eigenvalue weighted by Gasteiger charge is 2.28. The molecule has 0 aliphatic carbocycles. The molecule has 0 saturated carbocycles. The summed E-state index contributed by atoms with van der Waals surface area (Å²) in [5.41, 5.74) is 3.55. The van der Waals surface area contributed by atoms with Gasteiger partial charge in [-0.1, -0.05) is 0 Å². The van der Waals surface area contributed by atoms with Gasteiger partial charge < -0.3 is 15.6 Å². The molecule has 5 heterocycles. The maximum Gasteiger partial charge on any atom is 0.409 e. The van der Waals surface area contributed by atoms with Gasteiger partial charge in [-0.25, -0.2) is 14.8 Å². The molecule has 0 aromatic carbocycles. The second-order valence-corrected chi connectivity index (χ2v) is 6.24. The molecule has 4 aromatic heterocycles. The van der Waals surface area contributed by atoms with E-state index < -0.39 is 6.09 Å². The predicted octanol–water partition coefficient (Wildman–Crippen LogP) is 3.45. The fourth-order valence-electron chi connectivity index (χ4n) is 3.34. The molecule has 5 rings (SSSR count). The summed E-state index contributed by atoms with van der Waals surface area (Å²) in [4.78, 5) is 28.3. The number of hydrogen-bond acceptors (Lipinski definition) is 7. The molecule has 29 heavy (non-hydrogen) atoms. The summed E-state index contributed by atoms with van der Waals surface area (Å²) in [5, 5.41) is 25.7.